The molecule has 0 atom stereocenters. The summed E-state index contributed by atoms with van der Waals surface area (Å²) in [6.45, 7) is 9.40. The SMILES string of the molecule is Cc1cc(OC(C)(C)C)ccc1Nc1ccc2c(c1)OCCO2. The average molecular weight is 313 g/mol. The van der Waals surface area contributed by atoms with Crippen LogP contribution in [0.5, 0.6) is 17.2 Å². The van der Waals surface area contributed by atoms with E-state index in [0.29, 0.717) is 13.2 Å². The van der Waals surface area contributed by atoms with Crippen molar-refractivity contribution in [3.05, 3.63) is 42.0 Å². The van der Waals surface area contributed by atoms with Crippen molar-refractivity contribution in [3.8, 4) is 17.2 Å². The molecule has 0 saturated heterocycles. The fourth-order valence-electron chi connectivity index (χ4n) is 2.47. The highest BCUT2D eigenvalue weighted by molar-refractivity contribution is 5.66. The van der Waals surface area contributed by atoms with Gasteiger partial charge in [0.25, 0.3) is 0 Å². The van der Waals surface area contributed by atoms with Crippen LogP contribution in [0.3, 0.4) is 0 Å². The summed E-state index contributed by atoms with van der Waals surface area (Å²) >= 11 is 0. The van der Waals surface area contributed by atoms with E-state index in [1.165, 1.54) is 0 Å². The van der Waals surface area contributed by atoms with Gasteiger partial charge in [0.1, 0.15) is 24.6 Å². The fourth-order valence-corrected chi connectivity index (χ4v) is 2.47. The Labute approximate surface area is 137 Å². The van der Waals surface area contributed by atoms with E-state index >= 15 is 0 Å². The molecule has 1 aliphatic rings. The van der Waals surface area contributed by atoms with Crippen molar-refractivity contribution in [1.82, 2.24) is 0 Å². The normalized spacial score (nSPS) is 13.6. The predicted molar refractivity (Wildman–Crippen MR) is 92.3 cm³/mol. The summed E-state index contributed by atoms with van der Waals surface area (Å²) in [6.07, 6.45) is 0. The lowest BCUT2D eigenvalue weighted by atomic mass is 10.1. The van der Waals surface area contributed by atoms with Gasteiger partial charge in [-0.1, -0.05) is 0 Å². The van der Waals surface area contributed by atoms with Crippen LogP contribution in [0.25, 0.3) is 0 Å². The number of rotatable bonds is 3. The second kappa shape index (κ2) is 6.03. The van der Waals surface area contributed by atoms with Crippen molar-refractivity contribution >= 4 is 11.4 Å². The van der Waals surface area contributed by atoms with Gasteiger partial charge < -0.3 is 19.5 Å². The Balaban J connectivity index is 1.77. The molecule has 0 spiro atoms. The van der Waals surface area contributed by atoms with Gasteiger partial charge in [0.2, 0.25) is 0 Å². The second-order valence-electron chi connectivity index (χ2n) is 6.67. The zero-order valence-electron chi connectivity index (χ0n) is 14.1. The largest absolute Gasteiger partial charge is 0.488 e. The first kappa shape index (κ1) is 15.5. The van der Waals surface area contributed by atoms with Crippen LogP contribution in [0.15, 0.2) is 36.4 Å². The molecule has 3 rings (SSSR count). The quantitative estimate of drug-likeness (QED) is 0.892. The van der Waals surface area contributed by atoms with Gasteiger partial charge in [0, 0.05) is 17.4 Å². The highest BCUT2D eigenvalue weighted by Gasteiger charge is 2.14. The first-order valence-electron chi connectivity index (χ1n) is 7.87. The van der Waals surface area contributed by atoms with Gasteiger partial charge in [-0.15, -0.1) is 0 Å². The summed E-state index contributed by atoms with van der Waals surface area (Å²) in [4.78, 5) is 0. The van der Waals surface area contributed by atoms with E-state index in [-0.39, 0.29) is 5.60 Å². The van der Waals surface area contributed by atoms with Gasteiger partial charge in [0.15, 0.2) is 11.5 Å². The predicted octanol–water partition coefficient (Wildman–Crippen LogP) is 4.69. The molecule has 1 N–H and O–H groups in total. The number of benzene rings is 2. The first-order chi connectivity index (χ1) is 10.9. The maximum absolute atomic E-state index is 5.90. The number of ether oxygens (including phenoxy) is 3. The van der Waals surface area contributed by atoms with Crippen molar-refractivity contribution in [2.24, 2.45) is 0 Å². The molecular weight excluding hydrogens is 290 g/mol. The maximum atomic E-state index is 5.90. The third-order valence-electron chi connectivity index (χ3n) is 3.44. The number of hydrogen-bond donors (Lipinski definition) is 1. The topological polar surface area (TPSA) is 39.7 Å². The molecule has 2 aromatic carbocycles. The van der Waals surface area contributed by atoms with Crippen molar-refractivity contribution < 1.29 is 14.2 Å². The second-order valence-corrected chi connectivity index (χ2v) is 6.67. The van der Waals surface area contributed by atoms with Crippen LogP contribution in [0.1, 0.15) is 26.3 Å². The molecule has 0 unspecified atom stereocenters. The van der Waals surface area contributed by atoms with Crippen LogP contribution >= 0.6 is 0 Å². The zero-order valence-corrected chi connectivity index (χ0v) is 14.1. The number of fused-ring (bicyclic) bond motifs is 1. The zero-order chi connectivity index (χ0) is 16.4. The van der Waals surface area contributed by atoms with Crippen LogP contribution in [0.2, 0.25) is 0 Å². The molecule has 0 bridgehead atoms. The van der Waals surface area contributed by atoms with E-state index in [1.54, 1.807) is 0 Å². The van der Waals surface area contributed by atoms with E-state index in [2.05, 4.69) is 12.2 Å². The number of aryl methyl sites for hydroxylation is 1. The number of anilines is 2. The number of hydrogen-bond acceptors (Lipinski definition) is 4. The summed E-state index contributed by atoms with van der Waals surface area (Å²) in [6, 6.07) is 12.0. The Hall–Kier alpha value is -2.36. The fraction of sp³-hybridized carbons (Fsp3) is 0.368. The smallest absolute Gasteiger partial charge is 0.163 e. The van der Waals surface area contributed by atoms with Gasteiger partial charge in [0.05, 0.1) is 0 Å². The van der Waals surface area contributed by atoms with Gasteiger partial charge in [-0.3, -0.25) is 0 Å². The molecule has 1 aliphatic heterocycles. The summed E-state index contributed by atoms with van der Waals surface area (Å²) in [5.41, 5.74) is 2.95. The Morgan fingerprint density at radius 2 is 1.70 bits per heavy atom. The van der Waals surface area contributed by atoms with Crippen LogP contribution in [0.4, 0.5) is 11.4 Å². The van der Waals surface area contributed by atoms with Crippen molar-refractivity contribution in [2.75, 3.05) is 18.5 Å². The third kappa shape index (κ3) is 3.89. The van der Waals surface area contributed by atoms with Gasteiger partial charge >= 0.3 is 0 Å². The summed E-state index contributed by atoms with van der Waals surface area (Å²) in [5.74, 6) is 2.46. The first-order valence-corrected chi connectivity index (χ1v) is 7.87. The minimum atomic E-state index is -0.197. The molecule has 23 heavy (non-hydrogen) atoms. The molecule has 1 heterocycles. The molecule has 0 radical (unpaired) electrons. The lowest BCUT2D eigenvalue weighted by Crippen LogP contribution is -2.22. The third-order valence-corrected chi connectivity index (χ3v) is 3.44. The number of nitrogens with one attached hydrogen (secondary N) is 1. The molecular formula is C19H23NO3. The van der Waals surface area contributed by atoms with Crippen molar-refractivity contribution in [2.45, 2.75) is 33.3 Å². The minimum absolute atomic E-state index is 0.197. The van der Waals surface area contributed by atoms with Gasteiger partial charge in [-0.25, -0.2) is 0 Å². The maximum Gasteiger partial charge on any atom is 0.163 e. The van der Waals surface area contributed by atoms with E-state index < -0.39 is 0 Å². The monoisotopic (exact) mass is 313 g/mol. The molecule has 2 aromatic rings. The molecule has 4 heteroatoms. The van der Waals surface area contributed by atoms with Crippen LogP contribution in [0, 0.1) is 6.92 Å². The van der Waals surface area contributed by atoms with Crippen molar-refractivity contribution in [3.63, 3.8) is 0 Å². The molecule has 0 aromatic heterocycles. The minimum Gasteiger partial charge on any atom is -0.488 e. The Bertz CT molecular complexity index is 704. The van der Waals surface area contributed by atoms with E-state index in [4.69, 9.17) is 14.2 Å². The molecule has 0 saturated carbocycles. The Morgan fingerprint density at radius 3 is 2.39 bits per heavy atom. The summed E-state index contributed by atoms with van der Waals surface area (Å²) < 4.78 is 17.1. The molecule has 4 nitrogen and oxygen atoms in total. The molecule has 0 amide bonds. The molecule has 0 fully saturated rings. The standard InChI is InChI=1S/C19H23NO3/c1-13-11-15(23-19(2,3)4)6-7-16(13)20-14-5-8-17-18(12-14)22-10-9-21-17/h5-8,11-12,20H,9-10H2,1-4H3. The molecule has 0 aliphatic carbocycles. The lowest BCUT2D eigenvalue weighted by molar-refractivity contribution is 0.131. The van der Waals surface area contributed by atoms with E-state index in [0.717, 1.165) is 34.2 Å². The van der Waals surface area contributed by atoms with Crippen molar-refractivity contribution in [1.29, 1.82) is 0 Å². The average Bonchev–Trinajstić information content (AvgIpc) is 2.48. The highest BCUT2D eigenvalue weighted by atomic mass is 16.6. The Kier molecular flexibility index (Phi) is 4.07. The van der Waals surface area contributed by atoms with Gasteiger partial charge in [-0.2, -0.15) is 0 Å². The van der Waals surface area contributed by atoms with Crippen LogP contribution in [-0.2, 0) is 0 Å². The van der Waals surface area contributed by atoms with Gasteiger partial charge in [-0.05, 0) is 63.6 Å². The highest BCUT2D eigenvalue weighted by Crippen LogP contribution is 2.34. The van der Waals surface area contributed by atoms with E-state index in [9.17, 15) is 0 Å². The van der Waals surface area contributed by atoms with Crippen LogP contribution in [-0.4, -0.2) is 18.8 Å². The van der Waals surface area contributed by atoms with Crippen LogP contribution < -0.4 is 19.5 Å². The van der Waals surface area contributed by atoms with E-state index in [1.807, 2.05) is 57.2 Å². The summed E-state index contributed by atoms with van der Waals surface area (Å²) in [7, 11) is 0. The Morgan fingerprint density at radius 1 is 0.957 bits per heavy atom. The summed E-state index contributed by atoms with van der Waals surface area (Å²) in [5, 5.41) is 3.42. The molecule has 122 valence electrons. The lowest BCUT2D eigenvalue weighted by Gasteiger charge is -2.22.